The first-order chi connectivity index (χ1) is 15.6. The molecule has 1 heterocycles. The molecule has 2 atom stereocenters. The summed E-state index contributed by atoms with van der Waals surface area (Å²) in [5, 5.41) is 33.8. The number of hydrogen-bond acceptors (Lipinski definition) is 7. The SMILES string of the molecule is CCCCC(C(=O)OCCN1CCCC1)C1C=CCC1.O=C(O)CC(O)(CC(=O)O)C(=O)O. The van der Waals surface area contributed by atoms with E-state index >= 15 is 0 Å². The first-order valence-corrected chi connectivity index (χ1v) is 11.5. The van der Waals surface area contributed by atoms with Gasteiger partial charge in [0, 0.05) is 6.54 Å². The van der Waals surface area contributed by atoms with Crippen LogP contribution >= 0.6 is 0 Å². The molecular weight excluding hydrogens is 434 g/mol. The summed E-state index contributed by atoms with van der Waals surface area (Å²) in [5.41, 5.74) is -2.74. The van der Waals surface area contributed by atoms with Gasteiger partial charge in [-0.25, -0.2) is 4.79 Å². The zero-order valence-electron chi connectivity index (χ0n) is 19.3. The average Bonchev–Trinajstić information content (AvgIpc) is 3.42. The summed E-state index contributed by atoms with van der Waals surface area (Å²) in [7, 11) is 0. The van der Waals surface area contributed by atoms with Gasteiger partial charge in [-0.15, -0.1) is 0 Å². The standard InChI is InChI=1S/C17H29NO2.C6H8O7/c1-2-3-10-16(15-8-4-5-9-15)17(19)20-14-13-18-11-6-7-12-18;7-3(8)1-6(13,5(11)12)2-4(9)10/h4,8,15-16H,2-3,5-7,9-14H2,1H3;13H,1-2H2,(H,7,8)(H,9,10)(H,11,12). The number of rotatable bonds is 13. The van der Waals surface area contributed by atoms with Crippen LogP contribution in [0.15, 0.2) is 12.2 Å². The van der Waals surface area contributed by atoms with Crippen LogP contribution in [-0.2, 0) is 23.9 Å². The minimum Gasteiger partial charge on any atom is -0.481 e. The van der Waals surface area contributed by atoms with E-state index in [1.54, 1.807) is 0 Å². The van der Waals surface area contributed by atoms with E-state index in [1.165, 1.54) is 25.9 Å². The number of ether oxygens (including phenoxy) is 1. The lowest BCUT2D eigenvalue weighted by atomic mass is 9.87. The monoisotopic (exact) mass is 471 g/mol. The van der Waals surface area contributed by atoms with Crippen LogP contribution in [0, 0.1) is 11.8 Å². The van der Waals surface area contributed by atoms with Gasteiger partial charge in [0.2, 0.25) is 0 Å². The van der Waals surface area contributed by atoms with Crippen LogP contribution in [-0.4, -0.2) is 81.0 Å². The number of carbonyl (C=O) groups is 4. The lowest BCUT2D eigenvalue weighted by Gasteiger charge is -2.22. The third-order valence-electron chi connectivity index (χ3n) is 5.87. The summed E-state index contributed by atoms with van der Waals surface area (Å²) >= 11 is 0. The Kier molecular flexibility index (Phi) is 12.7. The second-order valence-electron chi connectivity index (χ2n) is 8.61. The summed E-state index contributed by atoms with van der Waals surface area (Å²) < 4.78 is 5.56. The molecule has 0 aromatic carbocycles. The maximum absolute atomic E-state index is 12.3. The van der Waals surface area contributed by atoms with E-state index in [2.05, 4.69) is 24.0 Å². The number of unbranched alkanes of at least 4 members (excludes halogenated alkanes) is 1. The predicted molar refractivity (Wildman–Crippen MR) is 119 cm³/mol. The van der Waals surface area contributed by atoms with Crippen molar-refractivity contribution in [3.05, 3.63) is 12.2 Å². The second kappa shape index (κ2) is 14.6. The summed E-state index contributed by atoms with van der Waals surface area (Å²) in [5.74, 6) is -4.48. The number of carboxylic acid groups (broad SMARTS) is 3. The number of carboxylic acids is 3. The van der Waals surface area contributed by atoms with Gasteiger partial charge in [-0.1, -0.05) is 31.9 Å². The Balaban J connectivity index is 0.000000366. The minimum atomic E-state index is -2.74. The van der Waals surface area contributed by atoms with Crippen molar-refractivity contribution in [3.8, 4) is 0 Å². The molecule has 1 saturated heterocycles. The molecule has 0 saturated carbocycles. The average molecular weight is 472 g/mol. The maximum atomic E-state index is 12.3. The summed E-state index contributed by atoms with van der Waals surface area (Å²) in [6.07, 6.45) is 10.2. The zero-order valence-corrected chi connectivity index (χ0v) is 19.3. The molecule has 1 aliphatic carbocycles. The van der Waals surface area contributed by atoms with Gasteiger partial charge in [0.05, 0.1) is 18.8 Å². The number of allylic oxidation sites excluding steroid dienone is 2. The second-order valence-corrected chi connectivity index (χ2v) is 8.61. The van der Waals surface area contributed by atoms with Gasteiger partial charge in [-0.05, 0) is 51.1 Å². The van der Waals surface area contributed by atoms with E-state index in [9.17, 15) is 19.2 Å². The molecule has 10 nitrogen and oxygen atoms in total. The Morgan fingerprint density at radius 2 is 1.70 bits per heavy atom. The number of nitrogens with zero attached hydrogens (tertiary/aromatic N) is 1. The third kappa shape index (κ3) is 10.8. The molecule has 188 valence electrons. The molecule has 4 N–H and O–H groups in total. The highest BCUT2D eigenvalue weighted by atomic mass is 16.5. The van der Waals surface area contributed by atoms with Gasteiger partial charge in [0.25, 0.3) is 0 Å². The molecule has 2 rings (SSSR count). The van der Waals surface area contributed by atoms with Crippen molar-refractivity contribution in [1.82, 2.24) is 4.90 Å². The topological polar surface area (TPSA) is 162 Å². The molecular formula is C23H37NO9. The molecule has 0 radical (unpaired) electrons. The number of likely N-dealkylation sites (tertiary alicyclic amines) is 1. The first kappa shape index (κ1) is 28.6. The van der Waals surface area contributed by atoms with Crippen LogP contribution in [0.3, 0.4) is 0 Å². The Labute approximate surface area is 194 Å². The molecule has 33 heavy (non-hydrogen) atoms. The molecule has 0 amide bonds. The minimum absolute atomic E-state index is 0.0363. The molecule has 1 fully saturated rings. The highest BCUT2D eigenvalue weighted by Crippen LogP contribution is 2.30. The normalized spacial score (nSPS) is 18.9. The summed E-state index contributed by atoms with van der Waals surface area (Å²) in [4.78, 5) is 45.2. The van der Waals surface area contributed by atoms with E-state index in [4.69, 9.17) is 25.2 Å². The Morgan fingerprint density at radius 3 is 2.15 bits per heavy atom. The van der Waals surface area contributed by atoms with E-state index in [-0.39, 0.29) is 11.9 Å². The van der Waals surface area contributed by atoms with Crippen molar-refractivity contribution in [1.29, 1.82) is 0 Å². The van der Waals surface area contributed by atoms with Crippen LogP contribution in [0.5, 0.6) is 0 Å². The van der Waals surface area contributed by atoms with E-state index < -0.39 is 36.4 Å². The summed E-state index contributed by atoms with van der Waals surface area (Å²) in [6.45, 7) is 6.00. The van der Waals surface area contributed by atoms with E-state index in [0.29, 0.717) is 12.5 Å². The number of aliphatic hydroxyl groups is 1. The quantitative estimate of drug-likeness (QED) is 0.231. The first-order valence-electron chi connectivity index (χ1n) is 11.5. The van der Waals surface area contributed by atoms with Gasteiger partial charge >= 0.3 is 23.9 Å². The number of esters is 1. The predicted octanol–water partition coefficient (Wildman–Crippen LogP) is 2.15. The highest BCUT2D eigenvalue weighted by Gasteiger charge is 2.40. The van der Waals surface area contributed by atoms with Gasteiger partial charge < -0.3 is 25.2 Å². The third-order valence-corrected chi connectivity index (χ3v) is 5.87. The van der Waals surface area contributed by atoms with Gasteiger partial charge in [-0.2, -0.15) is 0 Å². The fourth-order valence-corrected chi connectivity index (χ4v) is 4.02. The highest BCUT2D eigenvalue weighted by molar-refractivity contribution is 5.88. The molecule has 2 unspecified atom stereocenters. The molecule has 0 bridgehead atoms. The van der Waals surface area contributed by atoms with Crippen molar-refractivity contribution >= 4 is 23.9 Å². The number of carbonyl (C=O) groups excluding carboxylic acids is 1. The smallest absolute Gasteiger partial charge is 0.336 e. The molecule has 0 spiro atoms. The van der Waals surface area contributed by atoms with Gasteiger partial charge in [0.15, 0.2) is 5.60 Å². The van der Waals surface area contributed by atoms with Crippen molar-refractivity contribution in [2.24, 2.45) is 11.8 Å². The van der Waals surface area contributed by atoms with Crippen molar-refractivity contribution < 1.29 is 44.3 Å². The maximum Gasteiger partial charge on any atom is 0.336 e. The van der Waals surface area contributed by atoms with E-state index in [1.807, 2.05) is 0 Å². The van der Waals surface area contributed by atoms with E-state index in [0.717, 1.165) is 38.6 Å². The Hall–Kier alpha value is -2.46. The fraction of sp³-hybridized carbons (Fsp3) is 0.739. The van der Waals surface area contributed by atoms with Crippen LogP contribution in [0.25, 0.3) is 0 Å². The Bertz CT molecular complexity index is 669. The largest absolute Gasteiger partial charge is 0.481 e. The van der Waals surface area contributed by atoms with Crippen LogP contribution in [0.4, 0.5) is 0 Å². The van der Waals surface area contributed by atoms with Crippen molar-refractivity contribution in [2.45, 2.75) is 70.3 Å². The molecule has 1 aliphatic heterocycles. The van der Waals surface area contributed by atoms with Crippen molar-refractivity contribution in [2.75, 3.05) is 26.2 Å². The van der Waals surface area contributed by atoms with Crippen molar-refractivity contribution in [3.63, 3.8) is 0 Å². The van der Waals surface area contributed by atoms with Gasteiger partial charge in [-0.3, -0.25) is 19.3 Å². The number of hydrogen-bond donors (Lipinski definition) is 4. The van der Waals surface area contributed by atoms with Gasteiger partial charge in [0.1, 0.15) is 6.61 Å². The summed E-state index contributed by atoms with van der Waals surface area (Å²) in [6, 6.07) is 0. The molecule has 2 aliphatic rings. The molecule has 10 heteroatoms. The lowest BCUT2D eigenvalue weighted by molar-refractivity contribution is -0.170. The van der Waals surface area contributed by atoms with Crippen LogP contribution in [0.1, 0.15) is 64.7 Å². The molecule has 0 aromatic heterocycles. The fourth-order valence-electron chi connectivity index (χ4n) is 4.02. The number of aliphatic carboxylic acids is 3. The molecule has 0 aromatic rings. The zero-order chi connectivity index (χ0) is 24.9. The van der Waals surface area contributed by atoms with Crippen LogP contribution in [0.2, 0.25) is 0 Å². The lowest BCUT2D eigenvalue weighted by Crippen LogP contribution is -2.42. The Morgan fingerprint density at radius 1 is 1.09 bits per heavy atom. The van der Waals surface area contributed by atoms with Crippen LogP contribution < -0.4 is 0 Å².